The van der Waals surface area contributed by atoms with Crippen molar-refractivity contribution in [3.63, 3.8) is 0 Å². The van der Waals surface area contributed by atoms with Crippen LogP contribution in [0.4, 0.5) is 0 Å². The van der Waals surface area contributed by atoms with Crippen molar-refractivity contribution in [2.24, 2.45) is 0 Å². The first-order chi connectivity index (χ1) is 9.27. The number of nitrogens with zero attached hydrogens (tertiary/aromatic N) is 2. The quantitative estimate of drug-likeness (QED) is 0.643. The number of benzene rings is 1. The van der Waals surface area contributed by atoms with Gasteiger partial charge in [-0.25, -0.2) is 0 Å². The number of fused-ring (bicyclic) bond motifs is 1. The Morgan fingerprint density at radius 1 is 1.37 bits per heavy atom. The number of para-hydroxylation sites is 1. The summed E-state index contributed by atoms with van der Waals surface area (Å²) in [4.78, 5) is 3.15. The van der Waals surface area contributed by atoms with Crippen molar-refractivity contribution in [2.75, 3.05) is 12.0 Å². The Morgan fingerprint density at radius 3 is 2.95 bits per heavy atom. The van der Waals surface area contributed by atoms with Crippen LogP contribution < -0.4 is 0 Å². The molecule has 0 saturated carbocycles. The fraction of sp³-hybridized carbons (Fsp3) is 0.429. The van der Waals surface area contributed by atoms with Crippen LogP contribution in [0.25, 0.3) is 11.0 Å². The third kappa shape index (κ3) is 3.20. The molecule has 3 nitrogen and oxygen atoms in total. The molecule has 2 rings (SSSR count). The SMILES string of the molecule is CSCCCCCn1c(=S)[nH]c2c(C#N)cccc21. The number of nitriles is 1. The van der Waals surface area contributed by atoms with Gasteiger partial charge in [0.15, 0.2) is 4.77 Å². The molecule has 0 saturated heterocycles. The van der Waals surface area contributed by atoms with Gasteiger partial charge in [0.05, 0.1) is 16.6 Å². The zero-order valence-corrected chi connectivity index (χ0v) is 12.6. The zero-order valence-electron chi connectivity index (χ0n) is 11.0. The number of imidazole rings is 1. The zero-order chi connectivity index (χ0) is 13.7. The predicted octanol–water partition coefficient (Wildman–Crippen LogP) is 4.10. The van der Waals surface area contributed by atoms with E-state index in [0.717, 1.165) is 24.0 Å². The Kier molecular flexibility index (Phi) is 5.06. The Labute approximate surface area is 122 Å². The van der Waals surface area contributed by atoms with E-state index in [1.54, 1.807) is 0 Å². The monoisotopic (exact) mass is 291 g/mol. The van der Waals surface area contributed by atoms with E-state index in [-0.39, 0.29) is 0 Å². The van der Waals surface area contributed by atoms with Crippen LogP contribution in [0.1, 0.15) is 24.8 Å². The van der Waals surface area contributed by atoms with Crippen LogP contribution in [0, 0.1) is 16.1 Å². The highest BCUT2D eigenvalue weighted by Gasteiger charge is 2.07. The van der Waals surface area contributed by atoms with Crippen molar-refractivity contribution in [3.05, 3.63) is 28.5 Å². The van der Waals surface area contributed by atoms with E-state index in [0.29, 0.717) is 10.3 Å². The third-order valence-corrected chi connectivity index (χ3v) is 4.18. The lowest BCUT2D eigenvalue weighted by Gasteiger charge is -2.04. The van der Waals surface area contributed by atoms with Crippen LogP contribution in [0.3, 0.4) is 0 Å². The molecular weight excluding hydrogens is 274 g/mol. The van der Waals surface area contributed by atoms with Gasteiger partial charge in [-0.1, -0.05) is 12.5 Å². The van der Waals surface area contributed by atoms with E-state index in [1.165, 1.54) is 18.6 Å². The second kappa shape index (κ2) is 6.78. The summed E-state index contributed by atoms with van der Waals surface area (Å²) in [6.07, 6.45) is 5.73. The number of aromatic amines is 1. The van der Waals surface area contributed by atoms with Gasteiger partial charge in [0.25, 0.3) is 0 Å². The maximum Gasteiger partial charge on any atom is 0.178 e. The number of aryl methyl sites for hydroxylation is 1. The number of aromatic nitrogens is 2. The summed E-state index contributed by atoms with van der Waals surface area (Å²) in [6, 6.07) is 7.95. The molecular formula is C14H17N3S2. The maximum atomic E-state index is 9.09. The molecule has 2 aromatic rings. The normalized spacial score (nSPS) is 10.7. The number of rotatable bonds is 6. The minimum Gasteiger partial charge on any atom is -0.329 e. The topological polar surface area (TPSA) is 44.5 Å². The molecule has 0 aliphatic rings. The van der Waals surface area contributed by atoms with Gasteiger partial charge in [-0.15, -0.1) is 0 Å². The van der Waals surface area contributed by atoms with Gasteiger partial charge in [0.1, 0.15) is 6.07 Å². The first-order valence-electron chi connectivity index (χ1n) is 6.38. The van der Waals surface area contributed by atoms with Crippen molar-refractivity contribution in [1.82, 2.24) is 9.55 Å². The van der Waals surface area contributed by atoms with Crippen LogP contribution in [-0.4, -0.2) is 21.6 Å². The lowest BCUT2D eigenvalue weighted by atomic mass is 10.2. The molecule has 0 atom stereocenters. The van der Waals surface area contributed by atoms with E-state index < -0.39 is 0 Å². The highest BCUT2D eigenvalue weighted by molar-refractivity contribution is 7.98. The Hall–Kier alpha value is -1.25. The summed E-state index contributed by atoms with van der Waals surface area (Å²) < 4.78 is 2.81. The van der Waals surface area contributed by atoms with Gasteiger partial charge >= 0.3 is 0 Å². The first kappa shape index (κ1) is 14.2. The van der Waals surface area contributed by atoms with Crippen molar-refractivity contribution in [3.8, 4) is 6.07 Å². The third-order valence-electron chi connectivity index (χ3n) is 3.16. The molecule has 1 N–H and O–H groups in total. The minimum absolute atomic E-state index is 0.657. The molecule has 5 heteroatoms. The molecule has 0 unspecified atom stereocenters. The molecule has 1 aromatic heterocycles. The van der Waals surface area contributed by atoms with E-state index in [9.17, 15) is 0 Å². The number of nitrogens with one attached hydrogen (secondary N) is 1. The van der Waals surface area contributed by atoms with Crippen molar-refractivity contribution in [1.29, 1.82) is 5.26 Å². The smallest absolute Gasteiger partial charge is 0.178 e. The molecule has 0 amide bonds. The average Bonchev–Trinajstić information content (AvgIpc) is 2.74. The van der Waals surface area contributed by atoms with E-state index in [2.05, 4.69) is 21.9 Å². The summed E-state index contributed by atoms with van der Waals surface area (Å²) in [5.74, 6) is 1.22. The number of hydrogen-bond acceptors (Lipinski definition) is 3. The van der Waals surface area contributed by atoms with Crippen LogP contribution >= 0.6 is 24.0 Å². The second-order valence-electron chi connectivity index (χ2n) is 4.45. The summed E-state index contributed by atoms with van der Waals surface area (Å²) in [7, 11) is 0. The van der Waals surface area contributed by atoms with Crippen molar-refractivity contribution >= 4 is 35.0 Å². The number of H-pyrrole nitrogens is 1. The van der Waals surface area contributed by atoms with Crippen molar-refractivity contribution < 1.29 is 0 Å². The van der Waals surface area contributed by atoms with Crippen LogP contribution in [0.5, 0.6) is 0 Å². The Balaban J connectivity index is 2.17. The summed E-state index contributed by atoms with van der Waals surface area (Å²) in [5, 5.41) is 9.09. The highest BCUT2D eigenvalue weighted by atomic mass is 32.2. The molecule has 0 aliphatic carbocycles. The number of hydrogen-bond donors (Lipinski definition) is 1. The summed E-state index contributed by atoms with van der Waals surface area (Å²) in [6.45, 7) is 0.919. The highest BCUT2D eigenvalue weighted by Crippen LogP contribution is 2.18. The van der Waals surface area contributed by atoms with Gasteiger partial charge in [-0.3, -0.25) is 0 Å². The number of unbranched alkanes of at least 4 members (excludes halogenated alkanes) is 2. The molecule has 0 bridgehead atoms. The molecule has 1 heterocycles. The largest absolute Gasteiger partial charge is 0.329 e. The molecule has 0 fully saturated rings. The maximum absolute atomic E-state index is 9.09. The van der Waals surface area contributed by atoms with E-state index in [4.69, 9.17) is 17.5 Å². The Bertz CT molecular complexity index is 649. The van der Waals surface area contributed by atoms with E-state index in [1.807, 2.05) is 30.0 Å². The minimum atomic E-state index is 0.657. The lowest BCUT2D eigenvalue weighted by molar-refractivity contribution is 0.611. The average molecular weight is 291 g/mol. The van der Waals surface area contributed by atoms with Gasteiger partial charge < -0.3 is 9.55 Å². The lowest BCUT2D eigenvalue weighted by Crippen LogP contribution is -1.98. The molecule has 19 heavy (non-hydrogen) atoms. The van der Waals surface area contributed by atoms with Gasteiger partial charge in [0, 0.05) is 6.54 Å². The molecule has 100 valence electrons. The van der Waals surface area contributed by atoms with Crippen LogP contribution in [0.15, 0.2) is 18.2 Å². The Morgan fingerprint density at radius 2 is 2.21 bits per heavy atom. The fourth-order valence-corrected chi connectivity index (χ4v) is 2.97. The molecule has 0 spiro atoms. The predicted molar refractivity (Wildman–Crippen MR) is 84.1 cm³/mol. The molecule has 1 aromatic carbocycles. The second-order valence-corrected chi connectivity index (χ2v) is 5.82. The van der Waals surface area contributed by atoms with Crippen LogP contribution in [-0.2, 0) is 6.54 Å². The van der Waals surface area contributed by atoms with E-state index >= 15 is 0 Å². The van der Waals surface area contributed by atoms with Gasteiger partial charge in [-0.2, -0.15) is 17.0 Å². The van der Waals surface area contributed by atoms with Crippen molar-refractivity contribution in [2.45, 2.75) is 25.8 Å². The molecule has 0 radical (unpaired) electrons. The fourth-order valence-electron chi connectivity index (χ4n) is 2.19. The summed E-state index contributed by atoms with van der Waals surface area (Å²) in [5.41, 5.74) is 2.55. The van der Waals surface area contributed by atoms with Gasteiger partial charge in [0.2, 0.25) is 0 Å². The van der Waals surface area contributed by atoms with Crippen LogP contribution in [0.2, 0.25) is 0 Å². The first-order valence-corrected chi connectivity index (χ1v) is 8.18. The summed E-state index contributed by atoms with van der Waals surface area (Å²) >= 11 is 7.25. The molecule has 0 aliphatic heterocycles. The number of thioether (sulfide) groups is 1. The van der Waals surface area contributed by atoms with Gasteiger partial charge in [-0.05, 0) is 49.2 Å². The standard InChI is InChI=1S/C14H17N3S2/c1-19-9-4-2-3-8-17-12-7-5-6-11(10-15)13(12)16-14(17)18/h5-7H,2-4,8-9H2,1H3,(H,16,18).